The molecule has 1 spiro atoms. The van der Waals surface area contributed by atoms with Crippen molar-refractivity contribution >= 4 is 24.7 Å². The minimum Gasteiger partial charge on any atom is -0.450 e. The molecule has 102 valence electrons. The Morgan fingerprint density at radius 2 is 1.78 bits per heavy atom. The molecule has 3 fully saturated rings. The van der Waals surface area contributed by atoms with Crippen molar-refractivity contribution in [1.82, 2.24) is 0 Å². The Bertz CT molecular complexity index is 411. The zero-order valence-corrected chi connectivity index (χ0v) is 10.2. The summed E-state index contributed by atoms with van der Waals surface area (Å²) in [5, 5.41) is 17.3. The van der Waals surface area contributed by atoms with E-state index in [1.807, 2.05) is 0 Å². The number of hydrogen-bond acceptors (Lipinski definition) is 5. The van der Waals surface area contributed by atoms with Crippen molar-refractivity contribution < 1.29 is 29.3 Å². The van der Waals surface area contributed by atoms with E-state index in [1.165, 1.54) is 0 Å². The molecule has 8 heteroatoms. The molecule has 0 radical (unpaired) electrons. The second kappa shape index (κ2) is 3.64. The Balaban J connectivity index is 0.00000120. The lowest BCUT2D eigenvalue weighted by atomic mass is 9.96. The average molecular weight is 280 g/mol. The van der Waals surface area contributed by atoms with E-state index in [2.05, 4.69) is 0 Å². The third-order valence-electron chi connectivity index (χ3n) is 4.26. The van der Waals surface area contributed by atoms with Gasteiger partial charge in [-0.2, -0.15) is 0 Å². The van der Waals surface area contributed by atoms with Crippen molar-refractivity contribution in [2.75, 3.05) is 0 Å². The first-order chi connectivity index (χ1) is 7.88. The Hall–Kier alpha value is -1.21. The van der Waals surface area contributed by atoms with Crippen LogP contribution in [-0.4, -0.2) is 34.4 Å². The molecule has 0 saturated heterocycles. The Morgan fingerprint density at radius 1 is 1.17 bits per heavy atom. The van der Waals surface area contributed by atoms with Crippen LogP contribution < -0.4 is 5.73 Å². The summed E-state index contributed by atoms with van der Waals surface area (Å²) in [6.45, 7) is 0. The third-order valence-corrected chi connectivity index (χ3v) is 4.26. The van der Waals surface area contributed by atoms with E-state index in [9.17, 15) is 9.59 Å². The lowest BCUT2D eigenvalue weighted by molar-refractivity contribution is -0.0459. The van der Waals surface area contributed by atoms with Crippen molar-refractivity contribution in [3.63, 3.8) is 0 Å². The average Bonchev–Trinajstić information content (AvgIpc) is 2.96. The molecule has 7 nitrogen and oxygen atoms in total. The summed E-state index contributed by atoms with van der Waals surface area (Å²) in [6, 6.07) is 0. The first-order valence-corrected chi connectivity index (χ1v) is 5.48. The number of nitrogens with two attached hydrogens (primary N) is 1. The van der Waals surface area contributed by atoms with Crippen LogP contribution in [0.1, 0.15) is 19.3 Å². The molecule has 0 amide bonds. The molecular formula is C10H14ClNO6. The number of fused-ring (bicyclic) bond motifs is 2. The number of carboxylic acid groups (broad SMARTS) is 2. The molecular weight excluding hydrogens is 266 g/mol. The van der Waals surface area contributed by atoms with Gasteiger partial charge in [0.15, 0.2) is 5.72 Å². The lowest BCUT2D eigenvalue weighted by Gasteiger charge is -2.27. The fraction of sp³-hybridized carbons (Fsp3) is 0.800. The highest BCUT2D eigenvalue weighted by Gasteiger charge is 2.81. The van der Waals surface area contributed by atoms with Crippen molar-refractivity contribution in [3.05, 3.63) is 0 Å². The molecule has 0 unspecified atom stereocenters. The van der Waals surface area contributed by atoms with Gasteiger partial charge in [0.2, 0.25) is 0 Å². The van der Waals surface area contributed by atoms with Crippen molar-refractivity contribution in [2.45, 2.75) is 31.1 Å². The van der Waals surface area contributed by atoms with E-state index in [1.54, 1.807) is 0 Å². The topological polar surface area (TPSA) is 119 Å². The number of halogens is 1. The summed E-state index contributed by atoms with van der Waals surface area (Å²) in [5.74, 6) is -0.292. The lowest BCUT2D eigenvalue weighted by Crippen LogP contribution is -2.47. The first-order valence-electron chi connectivity index (χ1n) is 5.48. The van der Waals surface area contributed by atoms with Crippen molar-refractivity contribution in [2.24, 2.45) is 23.0 Å². The third kappa shape index (κ3) is 1.69. The molecule has 3 aliphatic rings. The van der Waals surface area contributed by atoms with Gasteiger partial charge < -0.3 is 19.7 Å². The van der Waals surface area contributed by atoms with Gasteiger partial charge in [-0.15, -0.1) is 12.4 Å². The highest BCUT2D eigenvalue weighted by atomic mass is 35.5. The molecule has 0 heterocycles. The van der Waals surface area contributed by atoms with Crippen LogP contribution in [0.3, 0.4) is 0 Å². The van der Waals surface area contributed by atoms with Gasteiger partial charge in [0, 0.05) is 12.3 Å². The Kier molecular flexibility index (Phi) is 2.68. The van der Waals surface area contributed by atoms with Crippen LogP contribution in [0.5, 0.6) is 0 Å². The smallest absolute Gasteiger partial charge is 0.450 e. The molecule has 3 saturated carbocycles. The molecule has 18 heavy (non-hydrogen) atoms. The van der Waals surface area contributed by atoms with Gasteiger partial charge in [0.05, 0.1) is 5.92 Å². The summed E-state index contributed by atoms with van der Waals surface area (Å²) in [5.41, 5.74) is 4.62. The van der Waals surface area contributed by atoms with Gasteiger partial charge in [0.25, 0.3) is 0 Å². The summed E-state index contributed by atoms with van der Waals surface area (Å²) >= 11 is 0. The zero-order valence-electron chi connectivity index (χ0n) is 9.37. The standard InChI is InChI=1S/C10H13NO6.ClH/c11-10(17-8(14)15)3-9(1-2-9)4-5(10)6(4)16-7(12)13;/h4-6H,1-3,11H2,(H,12,13)(H,14,15);1H/t4-,5-,6-,10-;/m0./s1. The minimum atomic E-state index is -1.43. The monoisotopic (exact) mass is 279 g/mol. The fourth-order valence-electron chi connectivity index (χ4n) is 3.58. The number of carbonyl (C=O) groups is 2. The predicted molar refractivity (Wildman–Crippen MR) is 59.4 cm³/mol. The molecule has 0 bridgehead atoms. The maximum atomic E-state index is 10.6. The molecule has 3 rings (SSSR count). The Labute approximate surface area is 109 Å². The second-order valence-corrected chi connectivity index (χ2v) is 5.26. The SMILES string of the molecule is Cl.N[C@]1(OC(=O)O)CC2(CC2)[C@@H]2[C@H](OC(=O)O)[C@H]21. The van der Waals surface area contributed by atoms with Gasteiger partial charge in [-0.1, -0.05) is 0 Å². The van der Waals surface area contributed by atoms with E-state index in [-0.39, 0.29) is 29.7 Å². The highest BCUT2D eigenvalue weighted by Crippen LogP contribution is 2.76. The van der Waals surface area contributed by atoms with Gasteiger partial charge in [0.1, 0.15) is 6.10 Å². The van der Waals surface area contributed by atoms with Gasteiger partial charge in [-0.25, -0.2) is 9.59 Å². The molecule has 3 aliphatic carbocycles. The van der Waals surface area contributed by atoms with Gasteiger partial charge >= 0.3 is 12.3 Å². The molecule has 4 N–H and O–H groups in total. The quantitative estimate of drug-likeness (QED) is 0.514. The summed E-state index contributed by atoms with van der Waals surface area (Å²) in [6.07, 6.45) is -0.928. The fourth-order valence-corrected chi connectivity index (χ4v) is 3.58. The largest absolute Gasteiger partial charge is 0.507 e. The molecule has 0 aromatic heterocycles. The maximum absolute atomic E-state index is 10.6. The van der Waals surface area contributed by atoms with E-state index < -0.39 is 24.1 Å². The van der Waals surface area contributed by atoms with Crippen LogP contribution in [0.25, 0.3) is 0 Å². The van der Waals surface area contributed by atoms with Crippen molar-refractivity contribution in [1.29, 1.82) is 0 Å². The number of rotatable bonds is 2. The van der Waals surface area contributed by atoms with Crippen LogP contribution in [0.2, 0.25) is 0 Å². The van der Waals surface area contributed by atoms with Crippen LogP contribution in [0.15, 0.2) is 0 Å². The Morgan fingerprint density at radius 3 is 2.22 bits per heavy atom. The first kappa shape index (κ1) is 13.2. The predicted octanol–water partition coefficient (Wildman–Crippen LogP) is 1.25. The molecule has 4 atom stereocenters. The van der Waals surface area contributed by atoms with E-state index in [0.717, 1.165) is 12.8 Å². The van der Waals surface area contributed by atoms with Gasteiger partial charge in [-0.05, 0) is 18.3 Å². The summed E-state index contributed by atoms with van der Waals surface area (Å²) in [7, 11) is 0. The minimum absolute atomic E-state index is 0. The van der Waals surface area contributed by atoms with E-state index in [4.69, 9.17) is 25.4 Å². The zero-order chi connectivity index (χ0) is 12.4. The molecule has 0 aromatic rings. The van der Waals surface area contributed by atoms with Crippen LogP contribution >= 0.6 is 12.4 Å². The second-order valence-electron chi connectivity index (χ2n) is 5.26. The van der Waals surface area contributed by atoms with Crippen molar-refractivity contribution in [3.8, 4) is 0 Å². The summed E-state index contributed by atoms with van der Waals surface area (Å²) in [4.78, 5) is 21.2. The van der Waals surface area contributed by atoms with E-state index in [0.29, 0.717) is 6.42 Å². The van der Waals surface area contributed by atoms with Crippen LogP contribution in [-0.2, 0) is 9.47 Å². The number of hydrogen-bond donors (Lipinski definition) is 3. The van der Waals surface area contributed by atoms with Crippen LogP contribution in [0.4, 0.5) is 9.59 Å². The maximum Gasteiger partial charge on any atom is 0.507 e. The molecule has 0 aromatic carbocycles. The van der Waals surface area contributed by atoms with E-state index >= 15 is 0 Å². The van der Waals surface area contributed by atoms with Gasteiger partial charge in [-0.3, -0.25) is 5.73 Å². The normalized spacial score (nSPS) is 41.5. The molecule has 0 aliphatic heterocycles. The number of ether oxygens (including phenoxy) is 2. The van der Waals surface area contributed by atoms with Crippen LogP contribution in [0, 0.1) is 17.3 Å². The highest BCUT2D eigenvalue weighted by molar-refractivity contribution is 5.85. The summed E-state index contributed by atoms with van der Waals surface area (Å²) < 4.78 is 9.51.